The first kappa shape index (κ1) is 11.8. The van der Waals surface area contributed by atoms with Gasteiger partial charge in [0, 0.05) is 18.6 Å². The number of rotatable bonds is 4. The molecular weight excluding hydrogens is 227 g/mol. The van der Waals surface area contributed by atoms with Crippen LogP contribution in [0.5, 0.6) is 0 Å². The number of benzene rings is 1. The van der Waals surface area contributed by atoms with E-state index in [2.05, 4.69) is 4.90 Å². The lowest BCUT2D eigenvalue weighted by molar-refractivity contribution is 0.295. The molecule has 0 saturated heterocycles. The summed E-state index contributed by atoms with van der Waals surface area (Å²) in [6, 6.07) is 4.83. The molecule has 2 N–H and O–H groups in total. The minimum absolute atomic E-state index is 0.0125. The molecule has 1 aromatic rings. The molecule has 1 aromatic carbocycles. The molecule has 1 saturated carbocycles. The topological polar surface area (TPSA) is 29.3 Å². The molecule has 88 valence electrons. The van der Waals surface area contributed by atoms with Gasteiger partial charge in [0.05, 0.1) is 5.02 Å². The molecular formula is C12H16ClFN2. The van der Waals surface area contributed by atoms with Crippen molar-refractivity contribution in [3.05, 3.63) is 34.6 Å². The van der Waals surface area contributed by atoms with Gasteiger partial charge in [0.1, 0.15) is 5.82 Å². The maximum absolute atomic E-state index is 13.0. The molecule has 0 unspecified atom stereocenters. The Kier molecular flexibility index (Phi) is 3.19. The van der Waals surface area contributed by atoms with Gasteiger partial charge in [0.25, 0.3) is 0 Å². The van der Waals surface area contributed by atoms with Crippen molar-refractivity contribution < 1.29 is 4.39 Å². The van der Waals surface area contributed by atoms with Gasteiger partial charge in [0.15, 0.2) is 0 Å². The summed E-state index contributed by atoms with van der Waals surface area (Å²) in [6.07, 6.45) is 2.20. The molecule has 1 fully saturated rings. The normalized spacial score (nSPS) is 17.8. The smallest absolute Gasteiger partial charge is 0.141 e. The van der Waals surface area contributed by atoms with Crippen molar-refractivity contribution in [1.29, 1.82) is 0 Å². The Morgan fingerprint density at radius 2 is 2.19 bits per heavy atom. The van der Waals surface area contributed by atoms with E-state index < -0.39 is 0 Å². The molecule has 0 radical (unpaired) electrons. The fourth-order valence-electron chi connectivity index (χ4n) is 1.86. The SMILES string of the molecule is CN(Cc1ccc(F)c(Cl)c1)CC1(N)CC1. The van der Waals surface area contributed by atoms with Crippen LogP contribution >= 0.6 is 11.6 Å². The molecule has 0 atom stereocenters. The Balaban J connectivity index is 1.95. The van der Waals surface area contributed by atoms with E-state index in [4.69, 9.17) is 17.3 Å². The van der Waals surface area contributed by atoms with Gasteiger partial charge >= 0.3 is 0 Å². The number of nitrogens with two attached hydrogens (primary N) is 1. The summed E-state index contributed by atoms with van der Waals surface area (Å²) in [4.78, 5) is 2.15. The number of hydrogen-bond donors (Lipinski definition) is 1. The maximum Gasteiger partial charge on any atom is 0.141 e. The largest absolute Gasteiger partial charge is 0.324 e. The highest BCUT2D eigenvalue weighted by Gasteiger charge is 2.38. The average Bonchev–Trinajstić information content (AvgIpc) is 2.89. The third-order valence-electron chi connectivity index (χ3n) is 2.91. The van der Waals surface area contributed by atoms with Crippen LogP contribution in [0, 0.1) is 5.82 Å². The first-order chi connectivity index (χ1) is 7.48. The van der Waals surface area contributed by atoms with Crippen LogP contribution in [0.1, 0.15) is 18.4 Å². The summed E-state index contributed by atoms with van der Waals surface area (Å²) < 4.78 is 13.0. The first-order valence-electron chi connectivity index (χ1n) is 5.40. The zero-order chi connectivity index (χ0) is 11.8. The molecule has 1 aliphatic carbocycles. The second-order valence-corrected chi connectivity index (χ2v) is 5.19. The van der Waals surface area contributed by atoms with Crippen LogP contribution in [0.4, 0.5) is 4.39 Å². The van der Waals surface area contributed by atoms with E-state index in [1.165, 1.54) is 6.07 Å². The molecule has 0 bridgehead atoms. The molecule has 2 nitrogen and oxygen atoms in total. The van der Waals surface area contributed by atoms with Gasteiger partial charge in [-0.3, -0.25) is 0 Å². The molecule has 16 heavy (non-hydrogen) atoms. The zero-order valence-corrected chi connectivity index (χ0v) is 10.1. The van der Waals surface area contributed by atoms with Crippen LogP contribution < -0.4 is 5.73 Å². The number of halogens is 2. The summed E-state index contributed by atoms with van der Waals surface area (Å²) in [7, 11) is 2.02. The molecule has 4 heteroatoms. The highest BCUT2D eigenvalue weighted by Crippen LogP contribution is 2.32. The second kappa shape index (κ2) is 4.32. The van der Waals surface area contributed by atoms with Crippen molar-refractivity contribution in [1.82, 2.24) is 4.90 Å². The van der Waals surface area contributed by atoms with Gasteiger partial charge in [-0.2, -0.15) is 0 Å². The van der Waals surface area contributed by atoms with Crippen molar-refractivity contribution in [2.75, 3.05) is 13.6 Å². The molecule has 0 heterocycles. The van der Waals surface area contributed by atoms with Gasteiger partial charge in [-0.25, -0.2) is 4.39 Å². The Morgan fingerprint density at radius 3 is 2.75 bits per heavy atom. The Morgan fingerprint density at radius 1 is 1.50 bits per heavy atom. The van der Waals surface area contributed by atoms with Gasteiger partial charge in [-0.05, 0) is 37.6 Å². The Hall–Kier alpha value is -0.640. The van der Waals surface area contributed by atoms with Crippen molar-refractivity contribution in [2.45, 2.75) is 24.9 Å². The van der Waals surface area contributed by atoms with Crippen LogP contribution in [0.3, 0.4) is 0 Å². The Bertz CT molecular complexity index is 391. The molecule has 0 aliphatic heterocycles. The molecule has 0 spiro atoms. The second-order valence-electron chi connectivity index (χ2n) is 4.78. The lowest BCUT2D eigenvalue weighted by atomic mass is 10.2. The van der Waals surface area contributed by atoms with Gasteiger partial charge in [0.2, 0.25) is 0 Å². The van der Waals surface area contributed by atoms with Gasteiger partial charge in [-0.1, -0.05) is 17.7 Å². The number of likely N-dealkylation sites (N-methyl/N-ethyl adjacent to an activating group) is 1. The highest BCUT2D eigenvalue weighted by molar-refractivity contribution is 6.30. The van der Waals surface area contributed by atoms with Gasteiger partial charge < -0.3 is 10.6 Å². The summed E-state index contributed by atoms with van der Waals surface area (Å²) >= 11 is 5.72. The van der Waals surface area contributed by atoms with Crippen molar-refractivity contribution in [3.63, 3.8) is 0 Å². The maximum atomic E-state index is 13.0. The van der Waals surface area contributed by atoms with Crippen LogP contribution in [0.2, 0.25) is 5.02 Å². The zero-order valence-electron chi connectivity index (χ0n) is 9.34. The van der Waals surface area contributed by atoms with Crippen molar-refractivity contribution >= 4 is 11.6 Å². The standard InChI is InChI=1S/C12H16ClFN2/c1-16(8-12(15)4-5-12)7-9-2-3-11(14)10(13)6-9/h2-3,6H,4-5,7-8,15H2,1H3. The number of hydrogen-bond acceptors (Lipinski definition) is 2. The fraction of sp³-hybridized carbons (Fsp3) is 0.500. The quantitative estimate of drug-likeness (QED) is 0.879. The third-order valence-corrected chi connectivity index (χ3v) is 3.20. The summed E-state index contributed by atoms with van der Waals surface area (Å²) in [5, 5.41) is 0.180. The molecule has 1 aliphatic rings. The van der Waals surface area contributed by atoms with Crippen molar-refractivity contribution in [2.24, 2.45) is 5.73 Å². The third kappa shape index (κ3) is 2.94. The van der Waals surface area contributed by atoms with E-state index in [9.17, 15) is 4.39 Å². The number of nitrogens with zero attached hydrogens (tertiary/aromatic N) is 1. The lowest BCUT2D eigenvalue weighted by Crippen LogP contribution is -2.36. The van der Waals surface area contributed by atoms with E-state index in [-0.39, 0.29) is 16.4 Å². The highest BCUT2D eigenvalue weighted by atomic mass is 35.5. The van der Waals surface area contributed by atoms with Crippen LogP contribution in [0.25, 0.3) is 0 Å². The van der Waals surface area contributed by atoms with Crippen LogP contribution in [0.15, 0.2) is 18.2 Å². The average molecular weight is 243 g/mol. The Labute approximate surface area is 100 Å². The molecule has 0 aromatic heterocycles. The fourth-order valence-corrected chi connectivity index (χ4v) is 2.06. The van der Waals surface area contributed by atoms with Crippen LogP contribution in [-0.2, 0) is 6.54 Å². The first-order valence-corrected chi connectivity index (χ1v) is 5.78. The lowest BCUT2D eigenvalue weighted by Gasteiger charge is -2.20. The van der Waals surface area contributed by atoms with Crippen LogP contribution in [-0.4, -0.2) is 24.0 Å². The van der Waals surface area contributed by atoms with Gasteiger partial charge in [-0.15, -0.1) is 0 Å². The predicted octanol–water partition coefficient (Wildman–Crippen LogP) is 2.40. The van der Waals surface area contributed by atoms with Crippen molar-refractivity contribution in [3.8, 4) is 0 Å². The minimum Gasteiger partial charge on any atom is -0.324 e. The van der Waals surface area contributed by atoms with E-state index in [1.54, 1.807) is 12.1 Å². The van der Waals surface area contributed by atoms with E-state index in [1.807, 2.05) is 7.05 Å². The van der Waals surface area contributed by atoms with E-state index in [0.717, 1.165) is 31.5 Å². The summed E-state index contributed by atoms with van der Waals surface area (Å²) in [5.74, 6) is -0.370. The summed E-state index contributed by atoms with van der Waals surface area (Å²) in [5.41, 5.74) is 7.05. The van der Waals surface area contributed by atoms with E-state index >= 15 is 0 Å². The predicted molar refractivity (Wildman–Crippen MR) is 63.9 cm³/mol. The van der Waals surface area contributed by atoms with E-state index in [0.29, 0.717) is 0 Å². The molecule has 2 rings (SSSR count). The minimum atomic E-state index is -0.370. The summed E-state index contributed by atoms with van der Waals surface area (Å²) in [6.45, 7) is 1.63. The monoisotopic (exact) mass is 242 g/mol. The molecule has 0 amide bonds.